The molecule has 3 N–H and O–H groups in total. The van der Waals surface area contributed by atoms with Gasteiger partial charge in [0.05, 0.1) is 5.69 Å². The van der Waals surface area contributed by atoms with Crippen LogP contribution in [-0.2, 0) is 0 Å². The van der Waals surface area contributed by atoms with E-state index >= 15 is 0 Å². The minimum absolute atomic E-state index is 0.277. The van der Waals surface area contributed by atoms with E-state index in [2.05, 4.69) is 31.3 Å². The standard InChI is InChI=1S/C17H18N2O3/c1-10(2)11-4-3-5-13(8-11)17-18-14-9-12(16(20)19-21)6-7-15(14)22-17/h3-10,17-18,21H,1-2H3,(H,19,20). The lowest BCUT2D eigenvalue weighted by atomic mass is 10.0. The van der Waals surface area contributed by atoms with Gasteiger partial charge in [0, 0.05) is 11.1 Å². The lowest BCUT2D eigenvalue weighted by molar-refractivity contribution is 0.0706. The third kappa shape index (κ3) is 2.63. The summed E-state index contributed by atoms with van der Waals surface area (Å²) < 4.78 is 5.89. The fourth-order valence-corrected chi connectivity index (χ4v) is 2.48. The summed E-state index contributed by atoms with van der Waals surface area (Å²) >= 11 is 0. The van der Waals surface area contributed by atoms with Crippen molar-refractivity contribution >= 4 is 11.6 Å². The van der Waals surface area contributed by atoms with Gasteiger partial charge in [-0.3, -0.25) is 10.0 Å². The Hall–Kier alpha value is -2.53. The second-order valence-electron chi connectivity index (χ2n) is 5.62. The molecule has 3 rings (SSSR count). The van der Waals surface area contributed by atoms with E-state index in [0.29, 0.717) is 17.2 Å². The maximum atomic E-state index is 11.5. The van der Waals surface area contributed by atoms with Crippen LogP contribution >= 0.6 is 0 Å². The number of amides is 1. The Morgan fingerprint density at radius 2 is 2.09 bits per heavy atom. The average molecular weight is 298 g/mol. The molecule has 0 spiro atoms. The van der Waals surface area contributed by atoms with Crippen LogP contribution in [-0.4, -0.2) is 11.1 Å². The number of carbonyl (C=O) groups is 1. The number of carbonyl (C=O) groups excluding carboxylic acids is 1. The van der Waals surface area contributed by atoms with Crippen molar-refractivity contribution in [3.05, 3.63) is 59.2 Å². The molecule has 5 nitrogen and oxygen atoms in total. The Bertz CT molecular complexity index is 713. The van der Waals surface area contributed by atoms with Gasteiger partial charge in [0.25, 0.3) is 5.91 Å². The van der Waals surface area contributed by atoms with Crippen LogP contribution in [0.4, 0.5) is 5.69 Å². The van der Waals surface area contributed by atoms with Gasteiger partial charge in [-0.05, 0) is 35.7 Å². The second-order valence-corrected chi connectivity index (χ2v) is 5.62. The lowest BCUT2D eigenvalue weighted by Crippen LogP contribution is -2.18. The molecule has 1 amide bonds. The molecule has 1 aliphatic rings. The van der Waals surface area contributed by atoms with E-state index in [1.807, 2.05) is 12.1 Å². The Kier molecular flexibility index (Phi) is 3.73. The van der Waals surface area contributed by atoms with E-state index < -0.39 is 5.91 Å². The van der Waals surface area contributed by atoms with Gasteiger partial charge in [-0.25, -0.2) is 5.48 Å². The Morgan fingerprint density at radius 3 is 2.82 bits per heavy atom. The van der Waals surface area contributed by atoms with Gasteiger partial charge in [0.2, 0.25) is 0 Å². The summed E-state index contributed by atoms with van der Waals surface area (Å²) in [7, 11) is 0. The quantitative estimate of drug-likeness (QED) is 0.599. The van der Waals surface area contributed by atoms with Crippen molar-refractivity contribution in [2.75, 3.05) is 5.32 Å². The molecular formula is C17H18N2O3. The zero-order valence-electron chi connectivity index (χ0n) is 12.5. The summed E-state index contributed by atoms with van der Waals surface area (Å²) in [5.74, 6) is 0.591. The summed E-state index contributed by atoms with van der Waals surface area (Å²) in [4.78, 5) is 11.5. The fourth-order valence-electron chi connectivity index (χ4n) is 2.48. The smallest absolute Gasteiger partial charge is 0.274 e. The minimum Gasteiger partial charge on any atom is -0.464 e. The average Bonchev–Trinajstić information content (AvgIpc) is 2.97. The van der Waals surface area contributed by atoms with Crippen molar-refractivity contribution in [2.24, 2.45) is 0 Å². The van der Waals surface area contributed by atoms with Gasteiger partial charge in [0.1, 0.15) is 5.75 Å². The number of hydroxylamine groups is 1. The van der Waals surface area contributed by atoms with Gasteiger partial charge in [-0.1, -0.05) is 32.0 Å². The largest absolute Gasteiger partial charge is 0.464 e. The molecule has 0 aromatic heterocycles. The second kappa shape index (κ2) is 5.69. The highest BCUT2D eigenvalue weighted by Crippen LogP contribution is 2.38. The molecule has 1 heterocycles. The lowest BCUT2D eigenvalue weighted by Gasteiger charge is -2.14. The molecule has 0 fully saturated rings. The van der Waals surface area contributed by atoms with Crippen LogP contribution in [0.25, 0.3) is 0 Å². The summed E-state index contributed by atoms with van der Waals surface area (Å²) in [6, 6.07) is 13.2. The number of ether oxygens (including phenoxy) is 1. The van der Waals surface area contributed by atoms with Gasteiger partial charge < -0.3 is 10.1 Å². The van der Waals surface area contributed by atoms with Crippen LogP contribution in [0.5, 0.6) is 5.75 Å². The maximum Gasteiger partial charge on any atom is 0.274 e. The number of anilines is 1. The highest BCUT2D eigenvalue weighted by molar-refractivity contribution is 5.95. The van der Waals surface area contributed by atoms with Crippen LogP contribution in [0.15, 0.2) is 42.5 Å². The minimum atomic E-state index is -0.546. The molecule has 1 aliphatic heterocycles. The predicted octanol–water partition coefficient (Wildman–Crippen LogP) is 3.43. The molecule has 1 atom stereocenters. The van der Waals surface area contributed by atoms with Gasteiger partial charge in [-0.15, -0.1) is 0 Å². The van der Waals surface area contributed by atoms with Crippen molar-refractivity contribution in [3.63, 3.8) is 0 Å². The number of hydrogen-bond donors (Lipinski definition) is 3. The molecule has 22 heavy (non-hydrogen) atoms. The van der Waals surface area contributed by atoms with E-state index in [0.717, 1.165) is 11.3 Å². The Balaban J connectivity index is 1.85. The summed E-state index contributed by atoms with van der Waals surface area (Å²) in [5, 5.41) is 12.0. The molecule has 1 unspecified atom stereocenters. The fraction of sp³-hybridized carbons (Fsp3) is 0.235. The van der Waals surface area contributed by atoms with Crippen molar-refractivity contribution in [1.29, 1.82) is 0 Å². The molecular weight excluding hydrogens is 280 g/mol. The van der Waals surface area contributed by atoms with E-state index in [4.69, 9.17) is 9.94 Å². The van der Waals surface area contributed by atoms with Crippen molar-refractivity contribution in [3.8, 4) is 5.75 Å². The first-order valence-corrected chi connectivity index (χ1v) is 7.20. The van der Waals surface area contributed by atoms with Crippen LogP contribution in [0.1, 0.15) is 47.5 Å². The van der Waals surface area contributed by atoms with E-state index in [9.17, 15) is 4.79 Å². The Labute approximate surface area is 128 Å². The zero-order valence-corrected chi connectivity index (χ0v) is 12.5. The normalized spacial score (nSPS) is 15.9. The first-order chi connectivity index (χ1) is 10.6. The molecule has 2 aromatic rings. The molecule has 114 valence electrons. The number of rotatable bonds is 3. The number of nitrogens with one attached hydrogen (secondary N) is 2. The van der Waals surface area contributed by atoms with E-state index in [1.54, 1.807) is 23.7 Å². The number of hydrogen-bond acceptors (Lipinski definition) is 4. The molecule has 0 saturated carbocycles. The van der Waals surface area contributed by atoms with Crippen molar-refractivity contribution in [1.82, 2.24) is 5.48 Å². The summed E-state index contributed by atoms with van der Waals surface area (Å²) in [5.41, 5.74) is 5.02. The Morgan fingerprint density at radius 1 is 1.27 bits per heavy atom. The molecule has 0 radical (unpaired) electrons. The predicted molar refractivity (Wildman–Crippen MR) is 83.2 cm³/mol. The first-order valence-electron chi connectivity index (χ1n) is 7.20. The number of benzene rings is 2. The van der Waals surface area contributed by atoms with Crippen LogP contribution in [0, 0.1) is 0 Å². The maximum absolute atomic E-state index is 11.5. The van der Waals surface area contributed by atoms with Crippen LogP contribution in [0.2, 0.25) is 0 Å². The van der Waals surface area contributed by atoms with Crippen LogP contribution in [0.3, 0.4) is 0 Å². The molecule has 0 aliphatic carbocycles. The molecule has 0 saturated heterocycles. The van der Waals surface area contributed by atoms with Crippen molar-refractivity contribution < 1.29 is 14.7 Å². The topological polar surface area (TPSA) is 70.6 Å². The molecule has 2 aromatic carbocycles. The first kappa shape index (κ1) is 14.4. The monoisotopic (exact) mass is 298 g/mol. The van der Waals surface area contributed by atoms with Crippen LogP contribution < -0.4 is 15.5 Å². The van der Waals surface area contributed by atoms with Crippen molar-refractivity contribution in [2.45, 2.75) is 26.0 Å². The third-order valence-electron chi connectivity index (χ3n) is 3.75. The summed E-state index contributed by atoms with van der Waals surface area (Å²) in [6.45, 7) is 4.30. The highest BCUT2D eigenvalue weighted by Gasteiger charge is 2.24. The molecule has 5 heteroatoms. The van der Waals surface area contributed by atoms with Gasteiger partial charge in [-0.2, -0.15) is 0 Å². The third-order valence-corrected chi connectivity index (χ3v) is 3.75. The number of fused-ring (bicyclic) bond motifs is 1. The summed E-state index contributed by atoms with van der Waals surface area (Å²) in [6.07, 6.45) is -0.277. The van der Waals surface area contributed by atoms with Gasteiger partial charge >= 0.3 is 0 Å². The van der Waals surface area contributed by atoms with Gasteiger partial charge in [0.15, 0.2) is 6.23 Å². The van der Waals surface area contributed by atoms with E-state index in [-0.39, 0.29) is 6.23 Å². The SMILES string of the molecule is CC(C)c1cccc(C2Nc3cc(C(=O)NO)ccc3O2)c1. The van der Waals surface area contributed by atoms with E-state index in [1.165, 1.54) is 5.56 Å². The highest BCUT2D eigenvalue weighted by atomic mass is 16.5. The molecule has 0 bridgehead atoms. The zero-order chi connectivity index (χ0) is 15.7.